The molecule has 0 unspecified atom stereocenters. The molecule has 5 heteroatoms. The normalized spacial score (nSPS) is 23.3. The highest BCUT2D eigenvalue weighted by Gasteiger charge is 2.29. The smallest absolute Gasteiger partial charge is 0.306 e. The zero-order chi connectivity index (χ0) is 14.3. The van der Waals surface area contributed by atoms with Crippen LogP contribution in [0.25, 0.3) is 0 Å². The third-order valence-corrected chi connectivity index (χ3v) is 3.78. The van der Waals surface area contributed by atoms with Crippen LogP contribution in [0.4, 0.5) is 0 Å². The largest absolute Gasteiger partial charge is 0.481 e. The van der Waals surface area contributed by atoms with E-state index in [1.54, 1.807) is 0 Å². The standard InChI is InChI=1S/C14H26N2O3/c1-16(2)10-4-3-9-15-13(17)11-5-7-12(8-6-11)14(18)19/h11-12H,3-10H2,1-2H3,(H,15,17)(H,18,19). The Bertz CT molecular complexity index is 297. The van der Waals surface area contributed by atoms with E-state index in [2.05, 4.69) is 10.2 Å². The van der Waals surface area contributed by atoms with Crippen LogP contribution in [0.3, 0.4) is 0 Å². The lowest BCUT2D eigenvalue weighted by molar-refractivity contribution is -0.144. The molecule has 0 heterocycles. The SMILES string of the molecule is CN(C)CCCCNC(=O)C1CCC(C(=O)O)CC1. The maximum Gasteiger partial charge on any atom is 0.306 e. The number of carboxylic acid groups (broad SMARTS) is 1. The molecule has 1 rings (SSSR count). The van der Waals surface area contributed by atoms with Gasteiger partial charge in [-0.3, -0.25) is 9.59 Å². The van der Waals surface area contributed by atoms with Gasteiger partial charge in [0.1, 0.15) is 0 Å². The predicted octanol–water partition coefficient (Wildman–Crippen LogP) is 1.34. The van der Waals surface area contributed by atoms with E-state index in [1.807, 2.05) is 14.1 Å². The number of unbranched alkanes of at least 4 members (excludes halogenated alkanes) is 1. The first-order valence-corrected chi connectivity index (χ1v) is 7.16. The zero-order valence-electron chi connectivity index (χ0n) is 12.0. The monoisotopic (exact) mass is 270 g/mol. The van der Waals surface area contributed by atoms with Crippen molar-refractivity contribution in [1.29, 1.82) is 0 Å². The third-order valence-electron chi connectivity index (χ3n) is 3.78. The van der Waals surface area contributed by atoms with E-state index in [-0.39, 0.29) is 17.7 Å². The number of hydrogen-bond acceptors (Lipinski definition) is 3. The van der Waals surface area contributed by atoms with E-state index in [9.17, 15) is 9.59 Å². The molecule has 0 aromatic carbocycles. The van der Waals surface area contributed by atoms with E-state index in [0.29, 0.717) is 25.7 Å². The maximum absolute atomic E-state index is 11.9. The summed E-state index contributed by atoms with van der Waals surface area (Å²) in [5.41, 5.74) is 0. The van der Waals surface area contributed by atoms with Crippen LogP contribution in [0.5, 0.6) is 0 Å². The van der Waals surface area contributed by atoms with Gasteiger partial charge in [-0.15, -0.1) is 0 Å². The van der Waals surface area contributed by atoms with Crippen molar-refractivity contribution in [3.8, 4) is 0 Å². The van der Waals surface area contributed by atoms with E-state index < -0.39 is 5.97 Å². The fourth-order valence-electron chi connectivity index (χ4n) is 2.51. The number of hydrogen-bond donors (Lipinski definition) is 2. The molecule has 0 radical (unpaired) electrons. The van der Waals surface area contributed by atoms with Crippen molar-refractivity contribution >= 4 is 11.9 Å². The number of rotatable bonds is 7. The Hall–Kier alpha value is -1.10. The number of nitrogens with one attached hydrogen (secondary N) is 1. The summed E-state index contributed by atoms with van der Waals surface area (Å²) in [6, 6.07) is 0. The summed E-state index contributed by atoms with van der Waals surface area (Å²) in [5, 5.41) is 11.9. The molecule has 5 nitrogen and oxygen atoms in total. The summed E-state index contributed by atoms with van der Waals surface area (Å²) >= 11 is 0. The molecule has 0 aromatic rings. The van der Waals surface area contributed by atoms with Gasteiger partial charge < -0.3 is 15.3 Å². The minimum absolute atomic E-state index is 0.0180. The molecule has 0 spiro atoms. The van der Waals surface area contributed by atoms with Crippen LogP contribution in [0.2, 0.25) is 0 Å². The molecule has 0 aliphatic heterocycles. The highest BCUT2D eigenvalue weighted by atomic mass is 16.4. The highest BCUT2D eigenvalue weighted by molar-refractivity contribution is 5.79. The van der Waals surface area contributed by atoms with Gasteiger partial charge in [-0.05, 0) is 59.2 Å². The van der Waals surface area contributed by atoms with Gasteiger partial charge in [0, 0.05) is 12.5 Å². The van der Waals surface area contributed by atoms with E-state index in [1.165, 1.54) is 0 Å². The van der Waals surface area contributed by atoms with Crippen LogP contribution in [-0.2, 0) is 9.59 Å². The average Bonchev–Trinajstić information content (AvgIpc) is 2.37. The number of carbonyl (C=O) groups excluding carboxylic acids is 1. The minimum atomic E-state index is -0.720. The first-order chi connectivity index (χ1) is 9.00. The topological polar surface area (TPSA) is 69.6 Å². The highest BCUT2D eigenvalue weighted by Crippen LogP contribution is 2.28. The first-order valence-electron chi connectivity index (χ1n) is 7.16. The number of nitrogens with zero attached hydrogens (tertiary/aromatic N) is 1. The minimum Gasteiger partial charge on any atom is -0.481 e. The van der Waals surface area contributed by atoms with Crippen molar-refractivity contribution in [2.24, 2.45) is 11.8 Å². The molecule has 1 fully saturated rings. The van der Waals surface area contributed by atoms with Crippen molar-refractivity contribution in [1.82, 2.24) is 10.2 Å². The van der Waals surface area contributed by atoms with Crippen LogP contribution >= 0.6 is 0 Å². The molecule has 1 amide bonds. The van der Waals surface area contributed by atoms with Crippen molar-refractivity contribution in [3.63, 3.8) is 0 Å². The zero-order valence-corrected chi connectivity index (χ0v) is 12.0. The van der Waals surface area contributed by atoms with Crippen LogP contribution < -0.4 is 5.32 Å². The molecule has 110 valence electrons. The number of amides is 1. The van der Waals surface area contributed by atoms with Gasteiger partial charge in [-0.2, -0.15) is 0 Å². The van der Waals surface area contributed by atoms with Crippen LogP contribution in [0, 0.1) is 11.8 Å². The molecular formula is C14H26N2O3. The van der Waals surface area contributed by atoms with Gasteiger partial charge in [0.05, 0.1) is 5.92 Å². The molecule has 0 aromatic heterocycles. The summed E-state index contributed by atoms with van der Waals surface area (Å²) in [6.07, 6.45) is 4.76. The third kappa shape index (κ3) is 6.05. The van der Waals surface area contributed by atoms with E-state index >= 15 is 0 Å². The Morgan fingerprint density at radius 2 is 1.68 bits per heavy atom. The molecule has 1 saturated carbocycles. The fourth-order valence-corrected chi connectivity index (χ4v) is 2.51. The first kappa shape index (κ1) is 16.0. The molecular weight excluding hydrogens is 244 g/mol. The van der Waals surface area contributed by atoms with Gasteiger partial charge in [0.25, 0.3) is 0 Å². The Morgan fingerprint density at radius 1 is 1.11 bits per heavy atom. The predicted molar refractivity (Wildman–Crippen MR) is 73.9 cm³/mol. The lowest BCUT2D eigenvalue weighted by Crippen LogP contribution is -2.35. The van der Waals surface area contributed by atoms with Gasteiger partial charge in [-0.1, -0.05) is 0 Å². The van der Waals surface area contributed by atoms with Gasteiger partial charge in [-0.25, -0.2) is 0 Å². The summed E-state index contributed by atoms with van der Waals surface area (Å²) in [6.45, 7) is 1.77. The maximum atomic E-state index is 11.9. The average molecular weight is 270 g/mol. The Labute approximate surface area is 115 Å². The summed E-state index contributed by atoms with van der Waals surface area (Å²) in [5.74, 6) is -0.843. The second kappa shape index (κ2) is 8.15. The van der Waals surface area contributed by atoms with Crippen LogP contribution in [0.15, 0.2) is 0 Å². The van der Waals surface area contributed by atoms with Gasteiger partial charge >= 0.3 is 5.97 Å². The van der Waals surface area contributed by atoms with Crippen molar-refractivity contribution in [3.05, 3.63) is 0 Å². The Kier molecular flexibility index (Phi) is 6.84. The lowest BCUT2D eigenvalue weighted by atomic mass is 9.81. The molecule has 2 N–H and O–H groups in total. The number of carboxylic acids is 1. The van der Waals surface area contributed by atoms with E-state index in [4.69, 9.17) is 5.11 Å². The van der Waals surface area contributed by atoms with Crippen molar-refractivity contribution < 1.29 is 14.7 Å². The molecule has 0 saturated heterocycles. The number of carbonyl (C=O) groups is 2. The Balaban J connectivity index is 2.12. The summed E-state index contributed by atoms with van der Waals surface area (Å²) < 4.78 is 0. The molecule has 19 heavy (non-hydrogen) atoms. The van der Waals surface area contributed by atoms with Gasteiger partial charge in [0.15, 0.2) is 0 Å². The molecule has 1 aliphatic rings. The van der Waals surface area contributed by atoms with Crippen molar-refractivity contribution in [2.75, 3.05) is 27.2 Å². The fraction of sp³-hybridized carbons (Fsp3) is 0.857. The molecule has 0 atom stereocenters. The summed E-state index contributed by atoms with van der Waals surface area (Å²) in [4.78, 5) is 24.9. The Morgan fingerprint density at radius 3 is 2.21 bits per heavy atom. The lowest BCUT2D eigenvalue weighted by Gasteiger charge is -2.25. The number of aliphatic carboxylic acids is 1. The van der Waals surface area contributed by atoms with Crippen LogP contribution in [-0.4, -0.2) is 49.1 Å². The van der Waals surface area contributed by atoms with Gasteiger partial charge in [0.2, 0.25) is 5.91 Å². The van der Waals surface area contributed by atoms with Crippen molar-refractivity contribution in [2.45, 2.75) is 38.5 Å². The molecule has 0 bridgehead atoms. The second-order valence-corrected chi connectivity index (χ2v) is 5.69. The van der Waals surface area contributed by atoms with Crippen LogP contribution in [0.1, 0.15) is 38.5 Å². The summed E-state index contributed by atoms with van der Waals surface area (Å²) in [7, 11) is 4.08. The van der Waals surface area contributed by atoms with E-state index in [0.717, 1.165) is 25.9 Å². The quantitative estimate of drug-likeness (QED) is 0.685. The molecule has 1 aliphatic carbocycles. The second-order valence-electron chi connectivity index (χ2n) is 5.69.